The van der Waals surface area contributed by atoms with Crippen LogP contribution in [0.5, 0.6) is 0 Å². The van der Waals surface area contributed by atoms with Crippen LogP contribution in [-0.2, 0) is 16.1 Å². The molecule has 0 bridgehead atoms. The summed E-state index contributed by atoms with van der Waals surface area (Å²) in [6.07, 6.45) is 5.66. The smallest absolute Gasteiger partial charge is 0.426 e. The Hall–Kier alpha value is -3.06. The summed E-state index contributed by atoms with van der Waals surface area (Å²) in [5, 5.41) is 0. The van der Waals surface area contributed by atoms with Crippen LogP contribution in [0.25, 0.3) is 6.08 Å². The number of amides is 2. The molecule has 1 unspecified atom stereocenters. The zero-order chi connectivity index (χ0) is 18.9. The van der Waals surface area contributed by atoms with Crippen LogP contribution in [0.2, 0.25) is 0 Å². The van der Waals surface area contributed by atoms with Crippen molar-refractivity contribution in [3.05, 3.63) is 66.1 Å². The minimum atomic E-state index is -0.679. The third-order valence-electron chi connectivity index (χ3n) is 4.36. The number of ether oxygens (including phenoxy) is 1. The molecule has 2 amide bonds. The molecule has 2 aromatic rings. The van der Waals surface area contributed by atoms with E-state index in [0.29, 0.717) is 5.76 Å². The van der Waals surface area contributed by atoms with Gasteiger partial charge in [0.15, 0.2) is 0 Å². The van der Waals surface area contributed by atoms with Crippen LogP contribution < -0.4 is 10.9 Å². The van der Waals surface area contributed by atoms with Gasteiger partial charge >= 0.3 is 6.09 Å². The van der Waals surface area contributed by atoms with Gasteiger partial charge in [-0.05, 0) is 43.2 Å². The Labute approximate surface area is 158 Å². The highest BCUT2D eigenvalue weighted by Crippen LogP contribution is 2.20. The highest BCUT2D eigenvalue weighted by Gasteiger charge is 2.25. The fourth-order valence-corrected chi connectivity index (χ4v) is 3.02. The van der Waals surface area contributed by atoms with Gasteiger partial charge in [0.25, 0.3) is 5.91 Å². The van der Waals surface area contributed by atoms with E-state index in [1.165, 1.54) is 24.0 Å². The molecule has 0 saturated carbocycles. The number of carbonyl (C=O) groups is 2. The summed E-state index contributed by atoms with van der Waals surface area (Å²) in [5.41, 5.74) is 5.75. The molecule has 1 aromatic heterocycles. The predicted molar refractivity (Wildman–Crippen MR) is 100 cm³/mol. The molecule has 3 rings (SSSR count). The molecule has 0 radical (unpaired) electrons. The van der Waals surface area contributed by atoms with E-state index in [1.54, 1.807) is 12.1 Å². The van der Waals surface area contributed by atoms with Gasteiger partial charge in [-0.2, -0.15) is 0 Å². The maximum atomic E-state index is 11.8. The molecule has 1 atom stereocenters. The van der Waals surface area contributed by atoms with Crippen LogP contribution in [0.3, 0.4) is 0 Å². The predicted octanol–water partition coefficient (Wildman–Crippen LogP) is 2.71. The molecule has 2 heterocycles. The van der Waals surface area contributed by atoms with E-state index in [9.17, 15) is 9.59 Å². The number of likely N-dealkylation sites (tertiary alicyclic amines) is 1. The lowest BCUT2D eigenvalue weighted by atomic mass is 10.2. The van der Waals surface area contributed by atoms with Crippen molar-refractivity contribution in [3.63, 3.8) is 0 Å². The molecule has 7 heteroatoms. The summed E-state index contributed by atoms with van der Waals surface area (Å²) < 4.78 is 10.3. The van der Waals surface area contributed by atoms with Crippen molar-refractivity contribution in [1.29, 1.82) is 0 Å². The molecular formula is C20H23N3O4. The fraction of sp³-hybridized carbons (Fsp3) is 0.300. The second kappa shape index (κ2) is 9.59. The van der Waals surface area contributed by atoms with Crippen molar-refractivity contribution in [1.82, 2.24) is 15.8 Å². The van der Waals surface area contributed by atoms with E-state index in [1.807, 2.05) is 18.2 Å². The standard InChI is InChI=1S/C20H23N3O4/c24-19(11-10-18-9-5-13-26-18)21-22-20(25)27-15-17-8-4-12-23(17)14-16-6-2-1-3-7-16/h1-3,5-7,9-11,13,17H,4,8,12,14-15H2,(H,21,24)(H,22,25). The van der Waals surface area contributed by atoms with Crippen LogP contribution in [0.1, 0.15) is 24.2 Å². The summed E-state index contributed by atoms with van der Waals surface area (Å²) in [7, 11) is 0. The van der Waals surface area contributed by atoms with E-state index < -0.39 is 12.0 Å². The van der Waals surface area contributed by atoms with E-state index in [-0.39, 0.29) is 12.6 Å². The molecule has 1 aliphatic heterocycles. The number of benzene rings is 1. The van der Waals surface area contributed by atoms with E-state index in [0.717, 1.165) is 25.9 Å². The quantitative estimate of drug-likeness (QED) is 0.604. The first-order chi connectivity index (χ1) is 13.2. The lowest BCUT2D eigenvalue weighted by Crippen LogP contribution is -2.43. The maximum absolute atomic E-state index is 11.8. The molecule has 0 aliphatic carbocycles. The Balaban J connectivity index is 1.37. The number of furan rings is 1. The largest absolute Gasteiger partial charge is 0.465 e. The fourth-order valence-electron chi connectivity index (χ4n) is 3.02. The van der Waals surface area contributed by atoms with Crippen molar-refractivity contribution in [2.24, 2.45) is 0 Å². The van der Waals surface area contributed by atoms with E-state index >= 15 is 0 Å². The number of carbonyl (C=O) groups excluding carboxylic acids is 2. The third-order valence-corrected chi connectivity index (χ3v) is 4.36. The summed E-state index contributed by atoms with van der Waals surface area (Å²) >= 11 is 0. The Morgan fingerprint density at radius 1 is 1.19 bits per heavy atom. The lowest BCUT2D eigenvalue weighted by Gasteiger charge is -2.24. The normalized spacial score (nSPS) is 17.1. The van der Waals surface area contributed by atoms with Crippen molar-refractivity contribution in [3.8, 4) is 0 Å². The SMILES string of the molecule is O=C(C=Cc1ccco1)NNC(=O)OCC1CCCN1Cc1ccccc1. The van der Waals surface area contributed by atoms with Gasteiger partial charge in [0.1, 0.15) is 12.4 Å². The molecule has 27 heavy (non-hydrogen) atoms. The van der Waals surface area contributed by atoms with Crippen LogP contribution >= 0.6 is 0 Å². The monoisotopic (exact) mass is 369 g/mol. The Kier molecular flexibility index (Phi) is 6.65. The van der Waals surface area contributed by atoms with Crippen molar-refractivity contribution < 1.29 is 18.7 Å². The Morgan fingerprint density at radius 2 is 2.04 bits per heavy atom. The van der Waals surface area contributed by atoms with Crippen LogP contribution in [-0.4, -0.2) is 36.1 Å². The minimum absolute atomic E-state index is 0.186. The molecular weight excluding hydrogens is 346 g/mol. The summed E-state index contributed by atoms with van der Waals surface area (Å²) in [5.74, 6) is 0.0717. The summed E-state index contributed by atoms with van der Waals surface area (Å²) in [6.45, 7) is 2.11. The average Bonchev–Trinajstić information content (AvgIpc) is 3.36. The second-order valence-corrected chi connectivity index (χ2v) is 6.31. The first-order valence-corrected chi connectivity index (χ1v) is 8.93. The van der Waals surface area contributed by atoms with E-state index in [2.05, 4.69) is 27.9 Å². The third kappa shape index (κ3) is 6.00. The van der Waals surface area contributed by atoms with Gasteiger partial charge in [-0.25, -0.2) is 10.2 Å². The molecule has 142 valence electrons. The molecule has 2 N–H and O–H groups in total. The number of hydrogen-bond acceptors (Lipinski definition) is 5. The maximum Gasteiger partial charge on any atom is 0.426 e. The van der Waals surface area contributed by atoms with Gasteiger partial charge in [0.05, 0.1) is 6.26 Å². The zero-order valence-electron chi connectivity index (χ0n) is 15.0. The van der Waals surface area contributed by atoms with Gasteiger partial charge < -0.3 is 9.15 Å². The second-order valence-electron chi connectivity index (χ2n) is 6.31. The van der Waals surface area contributed by atoms with Crippen molar-refractivity contribution in [2.45, 2.75) is 25.4 Å². The van der Waals surface area contributed by atoms with Gasteiger partial charge in [-0.1, -0.05) is 30.3 Å². The van der Waals surface area contributed by atoms with Gasteiger partial charge in [0, 0.05) is 18.7 Å². The first-order valence-electron chi connectivity index (χ1n) is 8.93. The Bertz CT molecular complexity index is 759. The highest BCUT2D eigenvalue weighted by atomic mass is 16.6. The van der Waals surface area contributed by atoms with Crippen LogP contribution in [0.15, 0.2) is 59.2 Å². The first kappa shape index (κ1) is 18.7. The highest BCUT2D eigenvalue weighted by molar-refractivity contribution is 5.92. The van der Waals surface area contributed by atoms with Gasteiger partial charge in [0.2, 0.25) is 0 Å². The van der Waals surface area contributed by atoms with Crippen LogP contribution in [0, 0.1) is 0 Å². The van der Waals surface area contributed by atoms with Gasteiger partial charge in [-0.3, -0.25) is 15.1 Å². The number of hydrazine groups is 1. The molecule has 0 spiro atoms. The minimum Gasteiger partial charge on any atom is -0.465 e. The zero-order valence-corrected chi connectivity index (χ0v) is 15.0. The summed E-state index contributed by atoms with van der Waals surface area (Å²) in [6, 6.07) is 13.8. The molecule has 1 saturated heterocycles. The average molecular weight is 369 g/mol. The topological polar surface area (TPSA) is 83.8 Å². The Morgan fingerprint density at radius 3 is 2.81 bits per heavy atom. The number of nitrogens with one attached hydrogen (secondary N) is 2. The molecule has 1 aromatic carbocycles. The van der Waals surface area contributed by atoms with Crippen molar-refractivity contribution in [2.75, 3.05) is 13.2 Å². The van der Waals surface area contributed by atoms with E-state index in [4.69, 9.17) is 9.15 Å². The number of hydrogen-bond donors (Lipinski definition) is 2. The lowest BCUT2D eigenvalue weighted by molar-refractivity contribution is -0.117. The molecule has 1 fully saturated rings. The number of nitrogens with zero attached hydrogens (tertiary/aromatic N) is 1. The summed E-state index contributed by atoms with van der Waals surface area (Å²) in [4.78, 5) is 25.7. The van der Waals surface area contributed by atoms with Crippen LogP contribution in [0.4, 0.5) is 4.79 Å². The molecule has 7 nitrogen and oxygen atoms in total. The van der Waals surface area contributed by atoms with Crippen molar-refractivity contribution >= 4 is 18.1 Å². The number of rotatable bonds is 6. The molecule has 1 aliphatic rings. The van der Waals surface area contributed by atoms with Gasteiger partial charge in [-0.15, -0.1) is 0 Å².